The van der Waals surface area contributed by atoms with E-state index < -0.39 is 10.0 Å². The zero-order chi connectivity index (χ0) is 16.3. The van der Waals surface area contributed by atoms with E-state index in [0.717, 1.165) is 11.5 Å². The summed E-state index contributed by atoms with van der Waals surface area (Å²) in [7, 11) is -1.88. The first-order chi connectivity index (χ1) is 10.4. The number of likely N-dealkylation sites (N-methyl/N-ethyl adjacent to an activating group) is 1. The van der Waals surface area contributed by atoms with Crippen molar-refractivity contribution < 1.29 is 13.2 Å². The van der Waals surface area contributed by atoms with Crippen LogP contribution in [-0.2, 0) is 10.0 Å². The third-order valence-electron chi connectivity index (χ3n) is 3.82. The van der Waals surface area contributed by atoms with Crippen molar-refractivity contribution in [1.29, 1.82) is 0 Å². The van der Waals surface area contributed by atoms with Crippen molar-refractivity contribution in [2.75, 3.05) is 38.2 Å². The van der Waals surface area contributed by atoms with E-state index in [2.05, 4.69) is 4.98 Å². The fourth-order valence-corrected chi connectivity index (χ4v) is 4.70. The average Bonchev–Trinajstić information content (AvgIpc) is 3.04. The molecule has 132 valence electrons. The van der Waals surface area contributed by atoms with Gasteiger partial charge in [0, 0.05) is 50.4 Å². The van der Waals surface area contributed by atoms with Gasteiger partial charge in [0.2, 0.25) is 10.0 Å². The molecule has 0 aromatic carbocycles. The van der Waals surface area contributed by atoms with Crippen molar-refractivity contribution >= 4 is 40.1 Å². The Hall–Kier alpha value is -0.740. The van der Waals surface area contributed by atoms with Crippen molar-refractivity contribution in [1.82, 2.24) is 14.2 Å². The summed E-state index contributed by atoms with van der Waals surface area (Å²) in [5.41, 5.74) is 5.81. The van der Waals surface area contributed by atoms with Crippen LogP contribution in [0.3, 0.4) is 0 Å². The van der Waals surface area contributed by atoms with Crippen LogP contribution in [0.1, 0.15) is 17.4 Å². The Kier molecular flexibility index (Phi) is 7.40. The number of halogens is 1. The van der Waals surface area contributed by atoms with Crippen LogP contribution in [-0.4, -0.2) is 72.7 Å². The summed E-state index contributed by atoms with van der Waals surface area (Å²) in [6, 6.07) is 1.29. The third kappa shape index (κ3) is 4.42. The molecule has 0 radical (unpaired) electrons. The molecule has 7 nitrogen and oxygen atoms in total. The smallest absolute Gasteiger partial charge is 0.270 e. The van der Waals surface area contributed by atoms with Gasteiger partial charge in [-0.3, -0.25) is 4.79 Å². The highest BCUT2D eigenvalue weighted by atomic mass is 35.5. The van der Waals surface area contributed by atoms with Gasteiger partial charge in [-0.15, -0.1) is 12.4 Å². The largest absolute Gasteiger partial charge is 0.356 e. The molecule has 1 aromatic rings. The van der Waals surface area contributed by atoms with Crippen LogP contribution in [0.5, 0.6) is 0 Å². The molecule has 2 rings (SSSR count). The van der Waals surface area contributed by atoms with Crippen molar-refractivity contribution in [2.24, 2.45) is 5.73 Å². The van der Waals surface area contributed by atoms with Gasteiger partial charge in [0.05, 0.1) is 0 Å². The first-order valence-corrected chi connectivity index (χ1v) is 9.71. The van der Waals surface area contributed by atoms with Gasteiger partial charge in [0.15, 0.2) is 0 Å². The van der Waals surface area contributed by atoms with E-state index in [-0.39, 0.29) is 34.9 Å². The number of aromatic amines is 1. The minimum atomic E-state index is -3.53. The van der Waals surface area contributed by atoms with E-state index in [0.29, 0.717) is 19.6 Å². The van der Waals surface area contributed by atoms with E-state index >= 15 is 0 Å². The number of hydrogen-bond acceptors (Lipinski definition) is 5. The van der Waals surface area contributed by atoms with Gasteiger partial charge in [0.1, 0.15) is 10.6 Å². The number of hydrogen-bond donors (Lipinski definition) is 2. The lowest BCUT2D eigenvalue weighted by Gasteiger charge is -2.25. The fraction of sp³-hybridized carbons (Fsp3) is 0.615. The van der Waals surface area contributed by atoms with Crippen molar-refractivity contribution in [3.8, 4) is 0 Å². The summed E-state index contributed by atoms with van der Waals surface area (Å²) in [5.74, 6) is 1.33. The molecule has 0 bridgehead atoms. The zero-order valence-electron chi connectivity index (χ0n) is 13.2. The molecule has 1 aliphatic heterocycles. The quantitative estimate of drug-likeness (QED) is 0.776. The molecule has 3 N–H and O–H groups in total. The Bertz CT molecular complexity index is 629. The molecular formula is C13H23ClN4O3S2. The molecule has 0 aliphatic carbocycles. The first kappa shape index (κ1) is 20.3. The normalized spacial score (nSPS) is 17.3. The summed E-state index contributed by atoms with van der Waals surface area (Å²) in [5, 5.41) is 0. The summed E-state index contributed by atoms with van der Waals surface area (Å²) in [4.78, 5) is 16.7. The minimum Gasteiger partial charge on any atom is -0.356 e. The lowest BCUT2D eigenvalue weighted by molar-refractivity contribution is 0.0743. The molecule has 1 fully saturated rings. The topological polar surface area (TPSA) is 99.5 Å². The predicted molar refractivity (Wildman–Crippen MR) is 94.7 cm³/mol. The summed E-state index contributed by atoms with van der Waals surface area (Å²) in [6.07, 6.45) is 1.38. The molecular weight excluding hydrogens is 360 g/mol. The molecule has 2 heterocycles. The number of aromatic nitrogens is 1. The number of rotatable bonds is 5. The molecule has 23 heavy (non-hydrogen) atoms. The highest BCUT2D eigenvalue weighted by Gasteiger charge is 2.28. The standard InChI is InChI=1S/C13H22N4O3S2.ClH/c1-10(8-14)16(2)13(18)12-7-11(9-15-12)22(19,20)17-3-5-21-6-4-17;/h7,9-10,15H,3-6,8,14H2,1-2H3;1H. The van der Waals surface area contributed by atoms with Crippen molar-refractivity contribution in [3.63, 3.8) is 0 Å². The Morgan fingerprint density at radius 2 is 2.09 bits per heavy atom. The summed E-state index contributed by atoms with van der Waals surface area (Å²) < 4.78 is 26.5. The van der Waals surface area contributed by atoms with E-state index in [1.807, 2.05) is 6.92 Å². The molecule has 1 saturated heterocycles. The second kappa shape index (κ2) is 8.39. The first-order valence-electron chi connectivity index (χ1n) is 7.11. The SMILES string of the molecule is CC(CN)N(C)C(=O)c1cc(S(=O)(=O)N2CCSCC2)c[nH]1.Cl. The number of H-pyrrole nitrogens is 1. The average molecular weight is 383 g/mol. The highest BCUT2D eigenvalue weighted by molar-refractivity contribution is 7.99. The van der Waals surface area contributed by atoms with E-state index in [9.17, 15) is 13.2 Å². The Balaban J connectivity index is 0.00000264. The molecule has 0 spiro atoms. The van der Waals surface area contributed by atoms with Crippen molar-refractivity contribution in [3.05, 3.63) is 18.0 Å². The number of carbonyl (C=O) groups excluding carboxylic acids is 1. The molecule has 1 unspecified atom stereocenters. The maximum absolute atomic E-state index is 12.5. The Labute approximate surface area is 147 Å². The second-order valence-corrected chi connectivity index (χ2v) is 8.43. The van der Waals surface area contributed by atoms with Crippen LogP contribution < -0.4 is 5.73 Å². The second-order valence-electron chi connectivity index (χ2n) is 5.27. The van der Waals surface area contributed by atoms with E-state index in [1.54, 1.807) is 18.8 Å². The molecule has 1 aromatic heterocycles. The van der Waals surface area contributed by atoms with Gasteiger partial charge in [-0.1, -0.05) is 0 Å². The van der Waals surface area contributed by atoms with Gasteiger partial charge < -0.3 is 15.6 Å². The maximum atomic E-state index is 12.5. The molecule has 1 amide bonds. The van der Waals surface area contributed by atoms with Gasteiger partial charge in [0.25, 0.3) is 5.91 Å². The molecule has 1 atom stereocenters. The highest BCUT2D eigenvalue weighted by Crippen LogP contribution is 2.21. The Morgan fingerprint density at radius 1 is 1.48 bits per heavy atom. The molecule has 10 heteroatoms. The van der Waals surface area contributed by atoms with Gasteiger partial charge in [-0.2, -0.15) is 16.1 Å². The van der Waals surface area contributed by atoms with E-state index in [1.165, 1.54) is 21.5 Å². The number of amides is 1. The zero-order valence-corrected chi connectivity index (χ0v) is 15.6. The van der Waals surface area contributed by atoms with Crippen LogP contribution in [0.25, 0.3) is 0 Å². The monoisotopic (exact) mass is 382 g/mol. The fourth-order valence-electron chi connectivity index (χ4n) is 2.13. The lowest BCUT2D eigenvalue weighted by Crippen LogP contribution is -2.39. The van der Waals surface area contributed by atoms with Crippen LogP contribution in [0, 0.1) is 0 Å². The van der Waals surface area contributed by atoms with Crippen LogP contribution in [0.15, 0.2) is 17.2 Å². The van der Waals surface area contributed by atoms with Crippen molar-refractivity contribution in [2.45, 2.75) is 17.9 Å². The number of nitrogens with one attached hydrogen (secondary N) is 1. The number of sulfonamides is 1. The van der Waals surface area contributed by atoms with Gasteiger partial charge >= 0.3 is 0 Å². The summed E-state index contributed by atoms with van der Waals surface area (Å²) >= 11 is 1.74. The van der Waals surface area contributed by atoms with Gasteiger partial charge in [-0.05, 0) is 13.0 Å². The number of nitrogens with two attached hydrogens (primary N) is 1. The summed E-state index contributed by atoms with van der Waals surface area (Å²) in [6.45, 7) is 3.20. The number of carbonyl (C=O) groups is 1. The Morgan fingerprint density at radius 3 is 2.65 bits per heavy atom. The van der Waals surface area contributed by atoms with Gasteiger partial charge in [-0.25, -0.2) is 8.42 Å². The van der Waals surface area contributed by atoms with Crippen LogP contribution >= 0.6 is 24.2 Å². The lowest BCUT2D eigenvalue weighted by atomic mass is 10.2. The molecule has 0 saturated carbocycles. The predicted octanol–water partition coefficient (Wildman–Crippen LogP) is 0.593. The van der Waals surface area contributed by atoms with Crippen LogP contribution in [0.2, 0.25) is 0 Å². The molecule has 1 aliphatic rings. The minimum absolute atomic E-state index is 0. The third-order valence-corrected chi connectivity index (χ3v) is 6.64. The number of nitrogens with zero attached hydrogens (tertiary/aromatic N) is 2. The maximum Gasteiger partial charge on any atom is 0.270 e. The van der Waals surface area contributed by atoms with Crippen LogP contribution in [0.4, 0.5) is 0 Å². The number of thioether (sulfide) groups is 1. The van der Waals surface area contributed by atoms with E-state index in [4.69, 9.17) is 5.73 Å².